The zero-order valence-electron chi connectivity index (χ0n) is 9.58. The lowest BCUT2D eigenvalue weighted by molar-refractivity contribution is 0.167. The minimum Gasteiger partial charge on any atom is -0.464 e. The molecule has 2 N–H and O–H groups in total. The average Bonchev–Trinajstić information content (AvgIpc) is 2.66. The van der Waals surface area contributed by atoms with Gasteiger partial charge in [-0.3, -0.25) is 5.32 Å². The van der Waals surface area contributed by atoms with E-state index >= 15 is 0 Å². The highest BCUT2D eigenvalue weighted by Gasteiger charge is 2.17. The Balaban J connectivity index is 2.46. The number of para-hydroxylation sites is 2. The molecule has 1 heterocycles. The van der Waals surface area contributed by atoms with Crippen LogP contribution in [0.3, 0.4) is 0 Å². The zero-order chi connectivity index (χ0) is 13.1. The molecular formula is C11H11N3O4. The van der Waals surface area contributed by atoms with Crippen molar-refractivity contribution in [2.24, 2.45) is 0 Å². The van der Waals surface area contributed by atoms with Crippen molar-refractivity contribution in [3.05, 3.63) is 24.3 Å². The van der Waals surface area contributed by atoms with Gasteiger partial charge in [0.05, 0.1) is 17.6 Å². The van der Waals surface area contributed by atoms with E-state index in [-0.39, 0.29) is 12.6 Å². The standard InChI is InChI=1S/C11H11N3O4/c1-2-18-10(15)13-9-12-7-5-3-4-6-8(7)14(9)11(16)17/h3-6H,2H2,1H3,(H,16,17)(H,12,13,15). The summed E-state index contributed by atoms with van der Waals surface area (Å²) in [6, 6.07) is 6.69. The van der Waals surface area contributed by atoms with Crippen LogP contribution in [0.5, 0.6) is 0 Å². The van der Waals surface area contributed by atoms with Gasteiger partial charge in [0.25, 0.3) is 0 Å². The number of rotatable bonds is 2. The number of imidazole rings is 1. The highest BCUT2D eigenvalue weighted by Crippen LogP contribution is 2.19. The lowest BCUT2D eigenvalue weighted by Gasteiger charge is -2.05. The first-order valence-corrected chi connectivity index (χ1v) is 5.28. The van der Waals surface area contributed by atoms with Crippen LogP contribution in [0, 0.1) is 0 Å². The van der Waals surface area contributed by atoms with Crippen molar-refractivity contribution in [3.63, 3.8) is 0 Å². The second-order valence-electron chi connectivity index (χ2n) is 3.39. The van der Waals surface area contributed by atoms with Crippen molar-refractivity contribution in [1.82, 2.24) is 9.55 Å². The second kappa shape index (κ2) is 4.74. The van der Waals surface area contributed by atoms with Crippen LogP contribution in [0.1, 0.15) is 6.92 Å². The number of nitrogens with one attached hydrogen (secondary N) is 1. The third-order valence-electron chi connectivity index (χ3n) is 2.24. The summed E-state index contributed by atoms with van der Waals surface area (Å²) < 4.78 is 5.58. The lowest BCUT2D eigenvalue weighted by atomic mass is 10.3. The number of ether oxygens (including phenoxy) is 1. The summed E-state index contributed by atoms with van der Waals surface area (Å²) in [4.78, 5) is 26.5. The van der Waals surface area contributed by atoms with E-state index in [1.165, 1.54) is 0 Å². The average molecular weight is 249 g/mol. The number of nitrogens with zero attached hydrogens (tertiary/aromatic N) is 2. The Morgan fingerprint density at radius 3 is 2.83 bits per heavy atom. The number of carboxylic acid groups (broad SMARTS) is 1. The summed E-state index contributed by atoms with van der Waals surface area (Å²) in [5.41, 5.74) is 0.878. The van der Waals surface area contributed by atoms with Gasteiger partial charge in [-0.25, -0.2) is 19.1 Å². The van der Waals surface area contributed by atoms with Crippen LogP contribution in [-0.2, 0) is 4.74 Å². The van der Waals surface area contributed by atoms with Crippen molar-refractivity contribution in [2.75, 3.05) is 11.9 Å². The predicted molar refractivity (Wildman–Crippen MR) is 63.8 cm³/mol. The number of benzene rings is 1. The summed E-state index contributed by atoms with van der Waals surface area (Å²) in [7, 11) is 0. The van der Waals surface area contributed by atoms with Gasteiger partial charge in [-0.15, -0.1) is 0 Å². The largest absolute Gasteiger partial charge is 0.464 e. The monoisotopic (exact) mass is 249 g/mol. The molecule has 7 nitrogen and oxygen atoms in total. The number of fused-ring (bicyclic) bond motifs is 1. The van der Waals surface area contributed by atoms with E-state index in [1.807, 2.05) is 0 Å². The molecule has 0 bridgehead atoms. The number of aromatic nitrogens is 2. The van der Waals surface area contributed by atoms with Crippen molar-refractivity contribution in [2.45, 2.75) is 6.92 Å². The van der Waals surface area contributed by atoms with Gasteiger partial charge in [-0.2, -0.15) is 0 Å². The molecule has 1 aromatic heterocycles. The van der Waals surface area contributed by atoms with Gasteiger partial charge in [0.15, 0.2) is 0 Å². The molecule has 0 aliphatic carbocycles. The molecule has 0 saturated carbocycles. The maximum Gasteiger partial charge on any atom is 0.418 e. The van der Waals surface area contributed by atoms with Crippen LogP contribution in [0.4, 0.5) is 15.5 Å². The fourth-order valence-corrected chi connectivity index (χ4v) is 1.56. The normalized spacial score (nSPS) is 10.3. The zero-order valence-corrected chi connectivity index (χ0v) is 9.58. The van der Waals surface area contributed by atoms with E-state index in [4.69, 9.17) is 5.11 Å². The minimum absolute atomic E-state index is 0.0813. The second-order valence-corrected chi connectivity index (χ2v) is 3.39. The predicted octanol–water partition coefficient (Wildman–Crippen LogP) is 2.13. The number of carbonyl (C=O) groups is 2. The van der Waals surface area contributed by atoms with Crippen LogP contribution in [-0.4, -0.2) is 33.5 Å². The molecule has 94 valence electrons. The Morgan fingerprint density at radius 2 is 2.17 bits per heavy atom. The fraction of sp³-hybridized carbons (Fsp3) is 0.182. The number of amides is 1. The Hall–Kier alpha value is -2.57. The quantitative estimate of drug-likeness (QED) is 0.850. The molecular weight excluding hydrogens is 238 g/mol. The van der Waals surface area contributed by atoms with Gasteiger partial charge in [0.2, 0.25) is 5.95 Å². The Kier molecular flexibility index (Phi) is 3.13. The molecule has 0 aliphatic heterocycles. The molecule has 0 atom stereocenters. The first-order chi connectivity index (χ1) is 8.63. The molecule has 1 amide bonds. The maximum atomic E-state index is 11.3. The van der Waals surface area contributed by atoms with Crippen molar-refractivity contribution < 1.29 is 19.4 Å². The third-order valence-corrected chi connectivity index (χ3v) is 2.24. The SMILES string of the molecule is CCOC(=O)Nc1nc2ccccc2n1C(=O)O. The molecule has 2 aromatic rings. The molecule has 2 rings (SSSR count). The van der Waals surface area contributed by atoms with Crippen molar-refractivity contribution >= 4 is 29.2 Å². The Morgan fingerprint density at radius 1 is 1.44 bits per heavy atom. The smallest absolute Gasteiger partial charge is 0.418 e. The molecule has 0 spiro atoms. The topological polar surface area (TPSA) is 93.5 Å². The molecule has 7 heteroatoms. The summed E-state index contributed by atoms with van der Waals surface area (Å²) in [6.45, 7) is 1.85. The maximum absolute atomic E-state index is 11.3. The molecule has 18 heavy (non-hydrogen) atoms. The van der Waals surface area contributed by atoms with Gasteiger partial charge >= 0.3 is 12.2 Å². The van der Waals surface area contributed by atoms with Crippen LogP contribution < -0.4 is 5.32 Å². The summed E-state index contributed by atoms with van der Waals surface area (Å²) in [5.74, 6) is -0.0813. The Bertz CT molecular complexity index is 605. The third kappa shape index (κ3) is 2.10. The molecule has 0 saturated heterocycles. The molecule has 0 unspecified atom stereocenters. The number of hydrogen-bond donors (Lipinski definition) is 2. The molecule has 0 radical (unpaired) electrons. The van der Waals surface area contributed by atoms with Crippen LogP contribution in [0.25, 0.3) is 11.0 Å². The van der Waals surface area contributed by atoms with Crippen LogP contribution in [0.15, 0.2) is 24.3 Å². The summed E-state index contributed by atoms with van der Waals surface area (Å²) in [6.07, 6.45) is -1.97. The van der Waals surface area contributed by atoms with E-state index in [0.717, 1.165) is 4.57 Å². The number of carbonyl (C=O) groups excluding carboxylic acids is 1. The van der Waals surface area contributed by atoms with E-state index in [1.54, 1.807) is 31.2 Å². The molecule has 0 fully saturated rings. The fourth-order valence-electron chi connectivity index (χ4n) is 1.56. The van der Waals surface area contributed by atoms with E-state index in [0.29, 0.717) is 11.0 Å². The summed E-state index contributed by atoms with van der Waals surface area (Å²) >= 11 is 0. The van der Waals surface area contributed by atoms with E-state index in [2.05, 4.69) is 15.0 Å². The summed E-state index contributed by atoms with van der Waals surface area (Å²) in [5, 5.41) is 11.4. The van der Waals surface area contributed by atoms with Gasteiger partial charge in [-0.05, 0) is 19.1 Å². The van der Waals surface area contributed by atoms with Crippen molar-refractivity contribution in [1.29, 1.82) is 0 Å². The minimum atomic E-state index is -1.23. The molecule has 1 aromatic carbocycles. The highest BCUT2D eigenvalue weighted by atomic mass is 16.5. The first-order valence-electron chi connectivity index (χ1n) is 5.28. The Labute approximate surface area is 102 Å². The van der Waals surface area contributed by atoms with Gasteiger partial charge < -0.3 is 9.84 Å². The van der Waals surface area contributed by atoms with Gasteiger partial charge in [0.1, 0.15) is 0 Å². The van der Waals surface area contributed by atoms with Crippen molar-refractivity contribution in [3.8, 4) is 0 Å². The van der Waals surface area contributed by atoms with E-state index in [9.17, 15) is 9.59 Å². The van der Waals surface area contributed by atoms with Crippen LogP contribution >= 0.6 is 0 Å². The van der Waals surface area contributed by atoms with Gasteiger partial charge in [0, 0.05) is 0 Å². The number of hydrogen-bond acceptors (Lipinski definition) is 4. The van der Waals surface area contributed by atoms with Crippen LogP contribution in [0.2, 0.25) is 0 Å². The van der Waals surface area contributed by atoms with E-state index < -0.39 is 12.2 Å². The lowest BCUT2D eigenvalue weighted by Crippen LogP contribution is -2.19. The van der Waals surface area contributed by atoms with Gasteiger partial charge in [-0.1, -0.05) is 12.1 Å². The highest BCUT2D eigenvalue weighted by molar-refractivity contribution is 5.93. The first kappa shape index (κ1) is 11.9. The number of anilines is 1. The molecule has 0 aliphatic rings.